The topological polar surface area (TPSA) is 120 Å². The minimum Gasteiger partial charge on any atom is -0.411 e. The lowest BCUT2D eigenvalue weighted by Crippen LogP contribution is -2.12. The molecule has 0 fully saturated rings. The molecule has 0 radical (unpaired) electrons. The summed E-state index contributed by atoms with van der Waals surface area (Å²) in [4.78, 5) is 20.6. The lowest BCUT2D eigenvalue weighted by atomic mass is 10.1. The van der Waals surface area contributed by atoms with Crippen LogP contribution in [0.1, 0.15) is 18.1 Å². The number of carbonyl (C=O) groups is 1. The maximum absolute atomic E-state index is 12.3. The zero-order chi connectivity index (χ0) is 22.5. The molecule has 164 valence electrons. The molecule has 0 aliphatic carbocycles. The van der Waals surface area contributed by atoms with E-state index in [9.17, 15) is 4.79 Å². The third-order valence-corrected chi connectivity index (χ3v) is 5.58. The van der Waals surface area contributed by atoms with Gasteiger partial charge in [0.1, 0.15) is 0 Å². The van der Waals surface area contributed by atoms with E-state index in [-0.39, 0.29) is 12.3 Å². The van der Waals surface area contributed by atoms with Crippen LogP contribution in [0.3, 0.4) is 0 Å². The zero-order valence-electron chi connectivity index (χ0n) is 17.3. The average Bonchev–Trinajstić information content (AvgIpc) is 3.52. The van der Waals surface area contributed by atoms with Crippen molar-refractivity contribution >= 4 is 34.1 Å². The highest BCUT2D eigenvalue weighted by atomic mass is 32.2. The van der Waals surface area contributed by atoms with E-state index >= 15 is 0 Å². The van der Waals surface area contributed by atoms with Gasteiger partial charge in [-0.2, -0.15) is 4.98 Å². The van der Waals surface area contributed by atoms with Gasteiger partial charge < -0.3 is 14.3 Å². The Morgan fingerprint density at radius 2 is 1.85 bits per heavy atom. The molecule has 0 saturated heterocycles. The lowest BCUT2D eigenvalue weighted by Gasteiger charge is -2.05. The molecular weight excluding hydrogens is 440 g/mol. The monoisotopic (exact) mass is 458 g/mol. The molecule has 0 unspecified atom stereocenters. The molecule has 0 atom stereocenters. The van der Waals surface area contributed by atoms with Crippen LogP contribution in [0, 0.1) is 0 Å². The first-order chi connectivity index (χ1) is 16.2. The summed E-state index contributed by atoms with van der Waals surface area (Å²) in [5.74, 6) is 1.61. The van der Waals surface area contributed by atoms with Crippen LogP contribution in [-0.2, 0) is 17.0 Å². The number of benzene rings is 2. The molecule has 5 rings (SSSR count). The number of hydrogen-bond donors (Lipinski definition) is 1. The maximum Gasteiger partial charge on any atom is 0.277 e. The van der Waals surface area contributed by atoms with Crippen LogP contribution in [-0.4, -0.2) is 31.2 Å². The van der Waals surface area contributed by atoms with Crippen molar-refractivity contribution in [3.63, 3.8) is 0 Å². The summed E-state index contributed by atoms with van der Waals surface area (Å²) in [7, 11) is 0. The van der Waals surface area contributed by atoms with E-state index < -0.39 is 0 Å². The maximum atomic E-state index is 12.3. The van der Waals surface area contributed by atoms with Gasteiger partial charge in [-0.15, -0.1) is 10.2 Å². The summed E-state index contributed by atoms with van der Waals surface area (Å²) in [6, 6.07) is 17.4. The molecule has 0 aliphatic rings. The van der Waals surface area contributed by atoms with Crippen LogP contribution in [0.25, 0.3) is 22.2 Å². The first kappa shape index (κ1) is 20.8. The van der Waals surface area contributed by atoms with Crippen LogP contribution >= 0.6 is 11.8 Å². The van der Waals surface area contributed by atoms with Crippen LogP contribution in [0.2, 0.25) is 0 Å². The number of rotatable bonds is 8. The van der Waals surface area contributed by atoms with E-state index in [1.54, 1.807) is 24.5 Å². The smallest absolute Gasteiger partial charge is 0.277 e. The molecule has 2 aromatic carbocycles. The number of aromatic nitrogens is 5. The second-order valence-corrected chi connectivity index (χ2v) is 8.04. The molecule has 0 aliphatic heterocycles. The van der Waals surface area contributed by atoms with Crippen molar-refractivity contribution in [2.45, 2.75) is 23.8 Å². The van der Waals surface area contributed by atoms with Crippen molar-refractivity contribution in [1.82, 2.24) is 25.3 Å². The molecule has 10 heteroatoms. The molecule has 0 saturated carbocycles. The first-order valence-electron chi connectivity index (χ1n) is 10.2. The molecule has 1 amide bonds. The first-order valence-corrected chi connectivity index (χ1v) is 11.2. The predicted octanol–water partition coefficient (Wildman–Crippen LogP) is 4.53. The van der Waals surface area contributed by atoms with Gasteiger partial charge in [0.25, 0.3) is 5.22 Å². The van der Waals surface area contributed by atoms with E-state index in [1.165, 1.54) is 11.8 Å². The summed E-state index contributed by atoms with van der Waals surface area (Å²) >= 11 is 1.31. The Kier molecular flexibility index (Phi) is 6.07. The second kappa shape index (κ2) is 9.61. The van der Waals surface area contributed by atoms with Crippen molar-refractivity contribution in [3.05, 3.63) is 78.7 Å². The molecule has 3 heterocycles. The van der Waals surface area contributed by atoms with Gasteiger partial charge in [-0.3, -0.25) is 9.78 Å². The normalized spacial score (nSPS) is 11.0. The highest BCUT2D eigenvalue weighted by Gasteiger charge is 2.13. The molecule has 0 spiro atoms. The van der Waals surface area contributed by atoms with Crippen LogP contribution < -0.4 is 5.32 Å². The standard InChI is InChI=1S/C23H18N6O3S/c30-20(25-18-6-5-15-3-1-2-4-17(15)13-18)7-8-21-26-19(29-32-21)14-33-23-28-27-22(31-23)16-9-11-24-12-10-16/h1-6,9-13H,7-8,14H2,(H,25,30). The minimum absolute atomic E-state index is 0.117. The number of carbonyl (C=O) groups excluding carboxylic acids is 1. The molecule has 1 N–H and O–H groups in total. The minimum atomic E-state index is -0.117. The summed E-state index contributed by atoms with van der Waals surface area (Å²) in [6.45, 7) is 0. The van der Waals surface area contributed by atoms with Gasteiger partial charge in [0, 0.05) is 36.5 Å². The Balaban J connectivity index is 1.11. The Morgan fingerprint density at radius 3 is 2.73 bits per heavy atom. The third-order valence-electron chi connectivity index (χ3n) is 4.77. The number of amides is 1. The van der Waals surface area contributed by atoms with Gasteiger partial charge in [0.15, 0.2) is 5.82 Å². The molecule has 3 aromatic heterocycles. The number of fused-ring (bicyclic) bond motifs is 1. The molecule has 33 heavy (non-hydrogen) atoms. The van der Waals surface area contributed by atoms with Crippen LogP contribution in [0.5, 0.6) is 0 Å². The highest BCUT2D eigenvalue weighted by Crippen LogP contribution is 2.25. The third kappa shape index (κ3) is 5.24. The van der Waals surface area contributed by atoms with Gasteiger partial charge in [0.05, 0.1) is 5.75 Å². The number of aryl methyl sites for hydroxylation is 1. The molecule has 0 bridgehead atoms. The lowest BCUT2D eigenvalue weighted by molar-refractivity contribution is -0.116. The Morgan fingerprint density at radius 1 is 1.00 bits per heavy atom. The number of pyridine rings is 1. The van der Waals surface area contributed by atoms with Crippen LogP contribution in [0.15, 0.2) is 81.2 Å². The summed E-state index contributed by atoms with van der Waals surface area (Å²) in [5.41, 5.74) is 1.56. The fraction of sp³-hybridized carbons (Fsp3) is 0.130. The van der Waals surface area contributed by atoms with Gasteiger partial charge in [-0.1, -0.05) is 47.3 Å². The molecule has 9 nitrogen and oxygen atoms in total. The van der Waals surface area contributed by atoms with E-state index in [0.29, 0.717) is 35.0 Å². The number of anilines is 1. The fourth-order valence-corrected chi connectivity index (χ4v) is 3.77. The van der Waals surface area contributed by atoms with E-state index in [0.717, 1.165) is 22.0 Å². The van der Waals surface area contributed by atoms with Gasteiger partial charge in [0.2, 0.25) is 17.7 Å². The number of nitrogens with zero attached hydrogens (tertiary/aromatic N) is 5. The SMILES string of the molecule is O=C(CCc1nc(CSc2nnc(-c3ccncc3)o2)no1)Nc1ccc2ccccc2c1. The summed E-state index contributed by atoms with van der Waals surface area (Å²) < 4.78 is 10.9. The van der Waals surface area contributed by atoms with Gasteiger partial charge in [-0.25, -0.2) is 0 Å². The quantitative estimate of drug-likeness (QED) is 0.334. The van der Waals surface area contributed by atoms with E-state index in [4.69, 9.17) is 8.94 Å². The largest absolute Gasteiger partial charge is 0.411 e. The Bertz CT molecular complexity index is 1390. The summed E-state index contributed by atoms with van der Waals surface area (Å²) in [5, 5.41) is 17.5. The highest BCUT2D eigenvalue weighted by molar-refractivity contribution is 7.98. The molecular formula is C23H18N6O3S. The number of hydrogen-bond acceptors (Lipinski definition) is 9. The Hall–Kier alpha value is -4.05. The predicted molar refractivity (Wildman–Crippen MR) is 122 cm³/mol. The zero-order valence-corrected chi connectivity index (χ0v) is 18.2. The molecule has 5 aromatic rings. The average molecular weight is 459 g/mol. The van der Waals surface area contributed by atoms with Crippen molar-refractivity contribution in [2.24, 2.45) is 0 Å². The number of thioether (sulfide) groups is 1. The fourth-order valence-electron chi connectivity index (χ4n) is 3.17. The van der Waals surface area contributed by atoms with Gasteiger partial charge >= 0.3 is 0 Å². The Labute approximate surface area is 192 Å². The van der Waals surface area contributed by atoms with Crippen molar-refractivity contribution in [2.75, 3.05) is 5.32 Å². The second-order valence-electron chi connectivity index (χ2n) is 7.11. The van der Waals surface area contributed by atoms with Crippen LogP contribution in [0.4, 0.5) is 5.69 Å². The van der Waals surface area contributed by atoms with E-state index in [1.807, 2.05) is 42.5 Å². The van der Waals surface area contributed by atoms with Crippen molar-refractivity contribution in [3.8, 4) is 11.5 Å². The van der Waals surface area contributed by atoms with E-state index in [2.05, 4.69) is 30.6 Å². The van der Waals surface area contributed by atoms with Gasteiger partial charge in [-0.05, 0) is 35.0 Å². The van der Waals surface area contributed by atoms with Crippen molar-refractivity contribution < 1.29 is 13.7 Å². The number of nitrogens with one attached hydrogen (secondary N) is 1. The summed E-state index contributed by atoms with van der Waals surface area (Å²) in [6.07, 6.45) is 3.91. The van der Waals surface area contributed by atoms with Crippen molar-refractivity contribution in [1.29, 1.82) is 0 Å².